The van der Waals surface area contributed by atoms with Crippen molar-refractivity contribution in [2.24, 2.45) is 0 Å². The molecule has 35 heavy (non-hydrogen) atoms. The lowest BCUT2D eigenvalue weighted by Crippen LogP contribution is -2.26. The molecule has 9 nitrogen and oxygen atoms in total. The smallest absolute Gasteiger partial charge is 0.281 e. The third-order valence-corrected chi connectivity index (χ3v) is 5.35. The molecule has 1 atom stereocenters. The Bertz CT molecular complexity index is 1140. The molecule has 2 heterocycles. The monoisotopic (exact) mass is 482 g/mol. The minimum atomic E-state index is -0.727. The molecule has 0 bridgehead atoms. The largest absolute Gasteiger partial charge is 0.492 e. The van der Waals surface area contributed by atoms with E-state index in [1.807, 2.05) is 45.0 Å². The maximum atomic E-state index is 13.2. The van der Waals surface area contributed by atoms with Gasteiger partial charge in [0.25, 0.3) is 5.91 Å². The molecule has 2 aromatic carbocycles. The number of anilines is 3. The van der Waals surface area contributed by atoms with Gasteiger partial charge in [0, 0.05) is 30.9 Å². The van der Waals surface area contributed by atoms with E-state index in [2.05, 4.69) is 20.3 Å². The molecule has 1 aliphatic rings. The summed E-state index contributed by atoms with van der Waals surface area (Å²) >= 11 is 0. The summed E-state index contributed by atoms with van der Waals surface area (Å²) < 4.78 is 25.8. The summed E-state index contributed by atoms with van der Waals surface area (Å²) in [6.07, 6.45) is -0.130. The highest BCUT2D eigenvalue weighted by Gasteiger charge is 2.21. The number of carbonyl (C=O) groups excluding carboxylic acids is 1. The summed E-state index contributed by atoms with van der Waals surface area (Å²) in [6, 6.07) is 14.1. The van der Waals surface area contributed by atoms with E-state index in [1.165, 1.54) is 0 Å². The van der Waals surface area contributed by atoms with Crippen LogP contribution >= 0.6 is 0 Å². The van der Waals surface area contributed by atoms with Crippen molar-refractivity contribution >= 4 is 23.5 Å². The zero-order valence-corrected chi connectivity index (χ0v) is 20.2. The molecule has 1 aliphatic heterocycles. The van der Waals surface area contributed by atoms with Crippen molar-refractivity contribution < 1.29 is 18.7 Å². The Morgan fingerprint density at radius 2 is 1.83 bits per heavy atom. The molecule has 0 radical (unpaired) electrons. The number of nitrogen functional groups attached to an aromatic ring is 1. The van der Waals surface area contributed by atoms with Gasteiger partial charge in [-0.25, -0.2) is 4.39 Å². The topological polar surface area (TPSA) is 108 Å². The van der Waals surface area contributed by atoms with Crippen LogP contribution in [0.3, 0.4) is 0 Å². The van der Waals surface area contributed by atoms with E-state index in [0.717, 1.165) is 11.2 Å². The fraction of sp³-hybridized carbons (Fsp3) is 0.400. The lowest BCUT2D eigenvalue weighted by molar-refractivity contribution is 0.0948. The number of nitrogens with two attached hydrogens (primary N) is 1. The van der Waals surface area contributed by atoms with Gasteiger partial charge in [-0.2, -0.15) is 9.67 Å². The number of benzene rings is 2. The molecule has 3 aromatic rings. The van der Waals surface area contributed by atoms with Crippen LogP contribution in [0.4, 0.5) is 22.0 Å². The van der Waals surface area contributed by atoms with Crippen molar-refractivity contribution in [2.75, 3.05) is 37.3 Å². The number of nitrogens with zero attached hydrogens (tertiary/aromatic N) is 4. The number of hydrogen-bond donors (Lipinski definition) is 2. The molecular weight excluding hydrogens is 451 g/mol. The van der Waals surface area contributed by atoms with E-state index in [-0.39, 0.29) is 17.5 Å². The zero-order chi connectivity index (χ0) is 25.0. The predicted octanol–water partition coefficient (Wildman–Crippen LogP) is 3.89. The number of likely N-dealkylation sites (tertiary alicyclic amines) is 1. The quantitative estimate of drug-likeness (QED) is 0.498. The highest BCUT2D eigenvalue weighted by Crippen LogP contribution is 2.21. The third kappa shape index (κ3) is 6.69. The minimum absolute atomic E-state index is 0.0232. The van der Waals surface area contributed by atoms with Crippen molar-refractivity contribution in [2.45, 2.75) is 39.0 Å². The number of halogens is 1. The first-order chi connectivity index (χ1) is 16.7. The SMILES string of the molecule is CC(C)(C)Oc1ccc(C(=O)n2nc(Nc3ccc(OCCN4CCC(F)C4)cc3)nc2N)cc1. The molecule has 1 fully saturated rings. The van der Waals surface area contributed by atoms with E-state index in [1.54, 1.807) is 24.3 Å². The van der Waals surface area contributed by atoms with Crippen LogP contribution in [0.5, 0.6) is 11.5 Å². The van der Waals surface area contributed by atoms with Gasteiger partial charge in [0.05, 0.1) is 0 Å². The summed E-state index contributed by atoms with van der Waals surface area (Å²) in [5.74, 6) is 1.15. The molecule has 0 amide bonds. The van der Waals surface area contributed by atoms with Crippen molar-refractivity contribution in [3.63, 3.8) is 0 Å². The number of ether oxygens (including phenoxy) is 2. The summed E-state index contributed by atoms with van der Waals surface area (Å²) in [5, 5.41) is 7.25. The van der Waals surface area contributed by atoms with E-state index in [4.69, 9.17) is 15.2 Å². The first-order valence-electron chi connectivity index (χ1n) is 11.6. The average molecular weight is 483 g/mol. The summed E-state index contributed by atoms with van der Waals surface area (Å²) in [4.78, 5) is 19.1. The number of alkyl halides is 1. The fourth-order valence-electron chi connectivity index (χ4n) is 3.71. The van der Waals surface area contributed by atoms with Gasteiger partial charge in [-0.3, -0.25) is 9.69 Å². The normalized spacial score (nSPS) is 16.3. The minimum Gasteiger partial charge on any atom is -0.492 e. The Hall–Kier alpha value is -3.66. The van der Waals surface area contributed by atoms with Crippen molar-refractivity contribution in [3.05, 3.63) is 54.1 Å². The van der Waals surface area contributed by atoms with Crippen molar-refractivity contribution in [1.29, 1.82) is 0 Å². The van der Waals surface area contributed by atoms with E-state index in [0.29, 0.717) is 48.9 Å². The Labute approximate surface area is 204 Å². The van der Waals surface area contributed by atoms with E-state index in [9.17, 15) is 9.18 Å². The zero-order valence-electron chi connectivity index (χ0n) is 20.2. The van der Waals surface area contributed by atoms with Gasteiger partial charge in [-0.1, -0.05) is 0 Å². The highest BCUT2D eigenvalue weighted by atomic mass is 19.1. The molecule has 186 valence electrons. The van der Waals surface area contributed by atoms with Crippen LogP contribution in [-0.2, 0) is 0 Å². The summed E-state index contributed by atoms with van der Waals surface area (Å²) in [5.41, 5.74) is 6.73. The highest BCUT2D eigenvalue weighted by molar-refractivity contribution is 5.97. The van der Waals surface area contributed by atoms with Gasteiger partial charge in [-0.05, 0) is 75.7 Å². The number of carbonyl (C=O) groups is 1. The summed E-state index contributed by atoms with van der Waals surface area (Å²) in [6.45, 7) is 8.31. The van der Waals surface area contributed by atoms with Gasteiger partial charge in [0.1, 0.15) is 29.9 Å². The second-order valence-electron chi connectivity index (χ2n) is 9.43. The molecule has 10 heteroatoms. The Kier molecular flexibility index (Phi) is 7.20. The molecule has 0 saturated carbocycles. The van der Waals surface area contributed by atoms with E-state index >= 15 is 0 Å². The van der Waals surface area contributed by atoms with Crippen LogP contribution in [-0.4, -0.2) is 63.6 Å². The predicted molar refractivity (Wildman–Crippen MR) is 132 cm³/mol. The Morgan fingerprint density at radius 3 is 2.46 bits per heavy atom. The Morgan fingerprint density at radius 1 is 1.14 bits per heavy atom. The molecule has 1 saturated heterocycles. The molecule has 3 N–H and O–H groups in total. The van der Waals surface area contributed by atoms with Crippen LogP contribution in [0.1, 0.15) is 37.6 Å². The molecule has 0 aliphatic carbocycles. The van der Waals surface area contributed by atoms with Crippen LogP contribution < -0.4 is 20.5 Å². The average Bonchev–Trinajstić information content (AvgIpc) is 3.38. The second-order valence-corrected chi connectivity index (χ2v) is 9.43. The second kappa shape index (κ2) is 10.3. The van der Waals surface area contributed by atoms with E-state index < -0.39 is 12.1 Å². The molecular formula is C25H31FN6O3. The molecule has 1 aromatic heterocycles. The van der Waals surface area contributed by atoms with Gasteiger partial charge in [0.2, 0.25) is 11.9 Å². The number of aromatic nitrogens is 3. The summed E-state index contributed by atoms with van der Waals surface area (Å²) in [7, 11) is 0. The lowest BCUT2D eigenvalue weighted by Gasteiger charge is -2.21. The molecule has 4 rings (SSSR count). The van der Waals surface area contributed by atoms with Crippen molar-refractivity contribution in [1.82, 2.24) is 19.7 Å². The molecule has 0 spiro atoms. The number of nitrogens with one attached hydrogen (secondary N) is 1. The maximum Gasteiger partial charge on any atom is 0.281 e. The third-order valence-electron chi connectivity index (χ3n) is 5.35. The van der Waals surface area contributed by atoms with Gasteiger partial charge in [0.15, 0.2) is 0 Å². The van der Waals surface area contributed by atoms with Crippen LogP contribution in [0.2, 0.25) is 0 Å². The standard InChI is InChI=1S/C25H31FN6O3/c1-25(2,3)35-21-8-4-17(5-9-21)22(33)32-23(27)29-24(30-32)28-19-6-10-20(11-7-19)34-15-14-31-13-12-18(26)16-31/h4-11,18H,12-16H2,1-3H3,(H3,27,28,29,30). The first kappa shape index (κ1) is 24.5. The van der Waals surface area contributed by atoms with Gasteiger partial charge >= 0.3 is 0 Å². The van der Waals surface area contributed by atoms with Gasteiger partial charge < -0.3 is 20.5 Å². The Balaban J connectivity index is 1.33. The van der Waals surface area contributed by atoms with Gasteiger partial charge in [-0.15, -0.1) is 5.10 Å². The first-order valence-corrected chi connectivity index (χ1v) is 11.6. The number of hydrogen-bond acceptors (Lipinski definition) is 8. The van der Waals surface area contributed by atoms with Crippen LogP contribution in [0.15, 0.2) is 48.5 Å². The lowest BCUT2D eigenvalue weighted by atomic mass is 10.1. The maximum absolute atomic E-state index is 13.2. The van der Waals surface area contributed by atoms with Crippen molar-refractivity contribution in [3.8, 4) is 11.5 Å². The number of rotatable bonds is 8. The molecule has 1 unspecified atom stereocenters. The fourth-order valence-corrected chi connectivity index (χ4v) is 3.71. The van der Waals surface area contributed by atoms with Crippen LogP contribution in [0, 0.1) is 0 Å². The van der Waals surface area contributed by atoms with Crippen LogP contribution in [0.25, 0.3) is 0 Å².